The Morgan fingerprint density at radius 1 is 1.42 bits per heavy atom. The van der Waals surface area contributed by atoms with Crippen molar-refractivity contribution < 1.29 is 0 Å². The van der Waals surface area contributed by atoms with Gasteiger partial charge in [0.25, 0.3) is 0 Å². The van der Waals surface area contributed by atoms with Crippen molar-refractivity contribution in [3.8, 4) is 0 Å². The topological polar surface area (TPSA) is 12.0 Å². The lowest BCUT2D eigenvalue weighted by Gasteiger charge is -2.25. The maximum atomic E-state index is 3.70. The summed E-state index contributed by atoms with van der Waals surface area (Å²) in [6.07, 6.45) is 6.81. The van der Waals surface area contributed by atoms with Gasteiger partial charge in [-0.1, -0.05) is 19.4 Å². The van der Waals surface area contributed by atoms with E-state index < -0.39 is 0 Å². The zero-order valence-electron chi connectivity index (χ0n) is 8.82. The minimum absolute atomic E-state index is 0.315. The molecule has 0 aromatic carbocycles. The molecule has 72 valence electrons. The summed E-state index contributed by atoms with van der Waals surface area (Å²) < 4.78 is 0. The van der Waals surface area contributed by atoms with Gasteiger partial charge in [0, 0.05) is 5.54 Å². The minimum Gasteiger partial charge on any atom is -0.312 e. The van der Waals surface area contributed by atoms with Gasteiger partial charge < -0.3 is 5.32 Å². The second-order valence-corrected chi connectivity index (χ2v) is 3.99. The quantitative estimate of drug-likeness (QED) is 0.456. The minimum atomic E-state index is 0.315. The molecule has 0 rings (SSSR count). The molecule has 1 N–H and O–H groups in total. The summed E-state index contributed by atoms with van der Waals surface area (Å²) in [5, 5.41) is 3.55. The molecule has 0 amide bonds. The van der Waals surface area contributed by atoms with Crippen molar-refractivity contribution in [2.24, 2.45) is 0 Å². The molecule has 1 heteroatoms. The summed E-state index contributed by atoms with van der Waals surface area (Å²) in [6, 6.07) is 0. The lowest BCUT2D eigenvalue weighted by Crippen LogP contribution is -2.39. The molecule has 1 nitrogen and oxygen atoms in total. The second kappa shape index (κ2) is 6.24. The Morgan fingerprint density at radius 2 is 2.08 bits per heavy atom. The van der Waals surface area contributed by atoms with Crippen molar-refractivity contribution in [1.29, 1.82) is 0 Å². The smallest absolute Gasteiger partial charge is 0.0125 e. The first-order valence-electron chi connectivity index (χ1n) is 4.98. The molecule has 0 spiro atoms. The van der Waals surface area contributed by atoms with Crippen molar-refractivity contribution in [3.05, 3.63) is 12.7 Å². The van der Waals surface area contributed by atoms with Crippen LogP contribution >= 0.6 is 0 Å². The monoisotopic (exact) mass is 169 g/mol. The Balaban J connectivity index is 3.39. The molecular formula is C11H23N. The Bertz CT molecular complexity index is 116. The average molecular weight is 169 g/mol. The SMILES string of the molecule is C=CCCCNC(C)(C)CCC. The first-order valence-corrected chi connectivity index (χ1v) is 4.98. The highest BCUT2D eigenvalue weighted by Gasteiger charge is 2.13. The summed E-state index contributed by atoms with van der Waals surface area (Å²) in [5.74, 6) is 0. The van der Waals surface area contributed by atoms with Gasteiger partial charge in [0.1, 0.15) is 0 Å². The van der Waals surface area contributed by atoms with E-state index >= 15 is 0 Å². The Kier molecular flexibility index (Phi) is 6.09. The average Bonchev–Trinajstić information content (AvgIpc) is 1.98. The highest BCUT2D eigenvalue weighted by Crippen LogP contribution is 2.10. The van der Waals surface area contributed by atoms with Gasteiger partial charge in [-0.25, -0.2) is 0 Å². The van der Waals surface area contributed by atoms with Crippen LogP contribution in [-0.2, 0) is 0 Å². The molecule has 0 aromatic heterocycles. The molecule has 12 heavy (non-hydrogen) atoms. The third-order valence-corrected chi connectivity index (χ3v) is 2.06. The molecule has 0 saturated carbocycles. The molecule has 0 heterocycles. The fraction of sp³-hybridized carbons (Fsp3) is 0.818. The molecule has 0 aliphatic carbocycles. The molecule has 0 aliphatic heterocycles. The van der Waals surface area contributed by atoms with Crippen molar-refractivity contribution in [3.63, 3.8) is 0 Å². The fourth-order valence-corrected chi connectivity index (χ4v) is 1.39. The summed E-state index contributed by atoms with van der Waals surface area (Å²) in [6.45, 7) is 11.6. The lowest BCUT2D eigenvalue weighted by molar-refractivity contribution is 0.358. The summed E-state index contributed by atoms with van der Waals surface area (Å²) in [5.41, 5.74) is 0.315. The highest BCUT2D eigenvalue weighted by molar-refractivity contribution is 4.77. The summed E-state index contributed by atoms with van der Waals surface area (Å²) in [7, 11) is 0. The van der Waals surface area contributed by atoms with Crippen molar-refractivity contribution >= 4 is 0 Å². The van der Waals surface area contributed by atoms with E-state index in [1.54, 1.807) is 0 Å². The first-order chi connectivity index (χ1) is 5.62. The second-order valence-electron chi connectivity index (χ2n) is 3.99. The van der Waals surface area contributed by atoms with Gasteiger partial charge >= 0.3 is 0 Å². The Hall–Kier alpha value is -0.300. The van der Waals surface area contributed by atoms with E-state index in [0.717, 1.165) is 13.0 Å². The first kappa shape index (κ1) is 11.7. The van der Waals surface area contributed by atoms with Crippen molar-refractivity contribution in [2.45, 2.75) is 52.0 Å². The molecule has 0 fully saturated rings. The number of hydrogen-bond acceptors (Lipinski definition) is 1. The zero-order chi connectivity index (χ0) is 9.45. The van der Waals surface area contributed by atoms with E-state index in [1.165, 1.54) is 19.3 Å². The Labute approximate surface area is 77.2 Å². The Morgan fingerprint density at radius 3 is 2.58 bits per heavy atom. The van der Waals surface area contributed by atoms with Crippen LogP contribution in [0.15, 0.2) is 12.7 Å². The predicted molar refractivity (Wildman–Crippen MR) is 56.4 cm³/mol. The van der Waals surface area contributed by atoms with E-state index in [0.29, 0.717) is 5.54 Å². The van der Waals surface area contributed by atoms with E-state index in [9.17, 15) is 0 Å². The van der Waals surface area contributed by atoms with Crippen LogP contribution in [0.25, 0.3) is 0 Å². The molecule has 0 atom stereocenters. The van der Waals surface area contributed by atoms with Crippen LogP contribution in [0.3, 0.4) is 0 Å². The van der Waals surface area contributed by atoms with Gasteiger partial charge in [0.15, 0.2) is 0 Å². The number of hydrogen-bond donors (Lipinski definition) is 1. The van der Waals surface area contributed by atoms with Gasteiger partial charge in [0.2, 0.25) is 0 Å². The van der Waals surface area contributed by atoms with Crippen LogP contribution in [0.5, 0.6) is 0 Å². The largest absolute Gasteiger partial charge is 0.312 e. The maximum Gasteiger partial charge on any atom is 0.0125 e. The van der Waals surface area contributed by atoms with Crippen LogP contribution in [0.4, 0.5) is 0 Å². The van der Waals surface area contributed by atoms with Crippen molar-refractivity contribution in [2.75, 3.05) is 6.54 Å². The van der Waals surface area contributed by atoms with Gasteiger partial charge in [-0.2, -0.15) is 0 Å². The zero-order valence-corrected chi connectivity index (χ0v) is 8.82. The number of rotatable bonds is 7. The van der Waals surface area contributed by atoms with Gasteiger partial charge in [0.05, 0.1) is 0 Å². The molecule has 0 radical (unpaired) electrons. The molecule has 0 bridgehead atoms. The van der Waals surface area contributed by atoms with Gasteiger partial charge in [-0.3, -0.25) is 0 Å². The summed E-state index contributed by atoms with van der Waals surface area (Å²) >= 11 is 0. The number of unbranched alkanes of at least 4 members (excludes halogenated alkanes) is 1. The summed E-state index contributed by atoms with van der Waals surface area (Å²) in [4.78, 5) is 0. The van der Waals surface area contributed by atoms with Gasteiger partial charge in [-0.05, 0) is 39.7 Å². The van der Waals surface area contributed by atoms with Crippen LogP contribution in [0, 0.1) is 0 Å². The van der Waals surface area contributed by atoms with E-state index in [1.807, 2.05) is 6.08 Å². The van der Waals surface area contributed by atoms with E-state index in [2.05, 4.69) is 32.7 Å². The lowest BCUT2D eigenvalue weighted by atomic mass is 9.99. The van der Waals surface area contributed by atoms with E-state index in [4.69, 9.17) is 0 Å². The highest BCUT2D eigenvalue weighted by atomic mass is 14.9. The normalized spacial score (nSPS) is 11.6. The molecule has 0 aromatic rings. The van der Waals surface area contributed by atoms with Crippen LogP contribution < -0.4 is 5.32 Å². The maximum absolute atomic E-state index is 3.70. The van der Waals surface area contributed by atoms with Gasteiger partial charge in [-0.15, -0.1) is 6.58 Å². The fourth-order valence-electron chi connectivity index (χ4n) is 1.39. The molecule has 0 aliphatic rings. The van der Waals surface area contributed by atoms with Crippen LogP contribution in [-0.4, -0.2) is 12.1 Å². The number of allylic oxidation sites excluding steroid dienone is 1. The predicted octanol–water partition coefficient (Wildman–Crippen LogP) is 3.12. The third kappa shape index (κ3) is 6.41. The molecular weight excluding hydrogens is 146 g/mol. The van der Waals surface area contributed by atoms with Crippen LogP contribution in [0.1, 0.15) is 46.5 Å². The third-order valence-electron chi connectivity index (χ3n) is 2.06. The number of nitrogens with one attached hydrogen (secondary N) is 1. The molecule has 0 unspecified atom stereocenters. The van der Waals surface area contributed by atoms with Crippen molar-refractivity contribution in [1.82, 2.24) is 5.32 Å². The van der Waals surface area contributed by atoms with Crippen LogP contribution in [0.2, 0.25) is 0 Å². The standard InChI is InChI=1S/C11H23N/c1-5-7-8-10-12-11(3,4)9-6-2/h5,12H,1,6-10H2,2-4H3. The molecule has 0 saturated heterocycles. The van der Waals surface area contributed by atoms with E-state index in [-0.39, 0.29) is 0 Å².